The van der Waals surface area contributed by atoms with Gasteiger partial charge in [0.15, 0.2) is 17.5 Å². The van der Waals surface area contributed by atoms with Gasteiger partial charge in [0.2, 0.25) is 0 Å². The average Bonchev–Trinajstić information content (AvgIpc) is 3.81. The van der Waals surface area contributed by atoms with Crippen LogP contribution >= 0.6 is 0 Å². The van der Waals surface area contributed by atoms with Crippen molar-refractivity contribution < 1.29 is 0 Å². The molecule has 14 rings (SSSR count). The Balaban J connectivity index is 1.00. The lowest BCUT2D eigenvalue weighted by molar-refractivity contribution is 0.768. The third kappa shape index (κ3) is 7.03. The maximum Gasteiger partial charge on any atom is 0.164 e. The first kappa shape index (κ1) is 43.1. The highest BCUT2D eigenvalue weighted by Crippen LogP contribution is 2.59. The zero-order valence-electron chi connectivity index (χ0n) is 40.3. The maximum absolute atomic E-state index is 5.14. The lowest BCUT2D eigenvalue weighted by Crippen LogP contribution is -2.28. The number of aromatic nitrogens is 3. The van der Waals surface area contributed by atoms with Gasteiger partial charge in [-0.1, -0.05) is 243 Å². The molecule has 0 atom stereocenters. The number of anilines is 3. The maximum atomic E-state index is 5.14. The molecule has 12 aromatic carbocycles. The lowest BCUT2D eigenvalue weighted by Gasteiger charge is -2.34. The van der Waals surface area contributed by atoms with E-state index in [9.17, 15) is 0 Å². The topological polar surface area (TPSA) is 41.9 Å². The summed E-state index contributed by atoms with van der Waals surface area (Å²) in [4.78, 5) is 17.8. The molecule has 0 amide bonds. The molecule has 0 spiro atoms. The Hall–Kier alpha value is -9.77. The average molecular weight is 943 g/mol. The van der Waals surface area contributed by atoms with Crippen molar-refractivity contribution in [1.29, 1.82) is 0 Å². The summed E-state index contributed by atoms with van der Waals surface area (Å²) in [6, 6.07) is 101. The van der Waals surface area contributed by atoms with E-state index in [0.717, 1.165) is 49.9 Å². The second kappa shape index (κ2) is 17.8. The summed E-state index contributed by atoms with van der Waals surface area (Å²) in [6.07, 6.45) is 0. The van der Waals surface area contributed by atoms with E-state index in [-0.39, 0.29) is 0 Å². The molecule has 0 fully saturated rings. The van der Waals surface area contributed by atoms with Gasteiger partial charge in [0.05, 0.1) is 11.1 Å². The number of hydrogen-bond donors (Lipinski definition) is 0. The lowest BCUT2D eigenvalue weighted by atomic mass is 9.68. The quantitative estimate of drug-likeness (QED) is 0.135. The van der Waals surface area contributed by atoms with Crippen molar-refractivity contribution in [2.75, 3.05) is 4.90 Å². The Morgan fingerprint density at radius 2 is 0.689 bits per heavy atom. The molecule has 13 aromatic rings. The molecular formula is C70H46N4. The van der Waals surface area contributed by atoms with Gasteiger partial charge in [-0.25, -0.2) is 15.0 Å². The van der Waals surface area contributed by atoms with Crippen molar-refractivity contribution >= 4 is 49.4 Å². The Bertz CT molecular complexity index is 4120. The van der Waals surface area contributed by atoms with E-state index in [1.165, 1.54) is 60.7 Å². The molecule has 4 heteroatoms. The van der Waals surface area contributed by atoms with Crippen LogP contribution in [0.3, 0.4) is 0 Å². The fourth-order valence-corrected chi connectivity index (χ4v) is 11.7. The minimum atomic E-state index is -0.550. The summed E-state index contributed by atoms with van der Waals surface area (Å²) in [6.45, 7) is 0. The van der Waals surface area contributed by atoms with Gasteiger partial charge in [-0.15, -0.1) is 0 Å². The molecule has 1 aliphatic carbocycles. The van der Waals surface area contributed by atoms with E-state index < -0.39 is 5.41 Å². The Morgan fingerprint density at radius 3 is 1.31 bits per heavy atom. The van der Waals surface area contributed by atoms with Gasteiger partial charge in [-0.3, -0.25) is 0 Å². The number of rotatable bonds is 9. The molecule has 1 heterocycles. The van der Waals surface area contributed by atoms with Gasteiger partial charge in [-0.05, 0) is 108 Å². The molecule has 74 heavy (non-hydrogen) atoms. The summed E-state index contributed by atoms with van der Waals surface area (Å²) < 4.78 is 0. The van der Waals surface area contributed by atoms with Gasteiger partial charge in [0, 0.05) is 33.6 Å². The molecule has 1 aliphatic rings. The summed E-state index contributed by atoms with van der Waals surface area (Å²) >= 11 is 0. The van der Waals surface area contributed by atoms with Crippen molar-refractivity contribution in [1.82, 2.24) is 15.0 Å². The summed E-state index contributed by atoms with van der Waals surface area (Å²) in [5, 5.41) is 7.00. The van der Waals surface area contributed by atoms with E-state index in [2.05, 4.69) is 248 Å². The first-order valence-electron chi connectivity index (χ1n) is 25.3. The zero-order valence-corrected chi connectivity index (χ0v) is 40.3. The predicted molar refractivity (Wildman–Crippen MR) is 306 cm³/mol. The van der Waals surface area contributed by atoms with Crippen LogP contribution in [0.5, 0.6) is 0 Å². The molecule has 0 saturated heterocycles. The predicted octanol–water partition coefficient (Wildman–Crippen LogP) is 17.8. The number of fused-ring (bicyclic) bond motifs is 9. The monoisotopic (exact) mass is 942 g/mol. The van der Waals surface area contributed by atoms with Crippen molar-refractivity contribution in [2.45, 2.75) is 5.41 Å². The molecule has 0 N–H and O–H groups in total. The van der Waals surface area contributed by atoms with E-state index in [0.29, 0.717) is 17.5 Å². The third-order valence-corrected chi connectivity index (χ3v) is 15.0. The molecule has 1 aromatic heterocycles. The molecule has 346 valence electrons. The molecule has 0 unspecified atom stereocenters. The van der Waals surface area contributed by atoms with Crippen LogP contribution < -0.4 is 4.90 Å². The van der Waals surface area contributed by atoms with Crippen LogP contribution in [0.25, 0.3) is 88.7 Å². The second-order valence-corrected chi connectivity index (χ2v) is 19.0. The van der Waals surface area contributed by atoms with Crippen LogP contribution in [0.1, 0.15) is 22.3 Å². The smallest absolute Gasteiger partial charge is 0.164 e. The van der Waals surface area contributed by atoms with Gasteiger partial charge in [-0.2, -0.15) is 0 Å². The van der Waals surface area contributed by atoms with E-state index >= 15 is 0 Å². The number of hydrogen-bond acceptors (Lipinski definition) is 4. The molecule has 0 radical (unpaired) electrons. The van der Waals surface area contributed by atoms with Crippen LogP contribution in [-0.2, 0) is 5.41 Å². The molecule has 0 bridgehead atoms. The fraction of sp³-hybridized carbons (Fsp3) is 0.0143. The van der Waals surface area contributed by atoms with Crippen molar-refractivity contribution in [3.63, 3.8) is 0 Å². The fourth-order valence-electron chi connectivity index (χ4n) is 11.7. The highest BCUT2D eigenvalue weighted by Gasteiger charge is 2.47. The van der Waals surface area contributed by atoms with Gasteiger partial charge >= 0.3 is 0 Å². The Kier molecular flexibility index (Phi) is 10.4. The van der Waals surface area contributed by atoms with Gasteiger partial charge in [0.25, 0.3) is 0 Å². The van der Waals surface area contributed by atoms with Crippen LogP contribution in [0, 0.1) is 0 Å². The third-order valence-electron chi connectivity index (χ3n) is 15.0. The SMILES string of the molecule is c1ccc(-c2ccc(N(c3ccc4c5ccccc5c5cc(-c6nc(-c7ccccc7)nc(-c7ccccc7)n6)ccc5c4c3)c3cccc4c3-c3ccccc3C4(c3ccccc3)c3ccccc3)cc2)cc1. The standard InChI is InChI=1S/C70H46N4/c1-6-21-47(22-7-1)48-37-40-54(41-38-48)74(65-36-20-35-64-66(65)60-33-18-19-34-63(60)70(64,52-27-12-4-13-28-52)53-29-14-5-15-30-53)55-42-44-58-56-31-16-17-32-57(56)61-45-51(39-43-59(61)62(58)46-55)69-72-67(49-23-8-2-9-24-49)71-68(73-69)50-25-10-3-11-26-50/h1-46H. The van der Waals surface area contributed by atoms with Crippen LogP contribution in [0.4, 0.5) is 17.1 Å². The number of benzene rings is 12. The first-order valence-corrected chi connectivity index (χ1v) is 25.3. The normalized spacial score (nSPS) is 12.4. The van der Waals surface area contributed by atoms with Crippen molar-refractivity contribution in [3.05, 3.63) is 301 Å². The number of nitrogens with zero attached hydrogens (tertiary/aromatic N) is 4. The van der Waals surface area contributed by atoms with Crippen LogP contribution in [0.2, 0.25) is 0 Å². The highest BCUT2D eigenvalue weighted by molar-refractivity contribution is 6.26. The van der Waals surface area contributed by atoms with E-state index in [4.69, 9.17) is 15.0 Å². The van der Waals surface area contributed by atoms with E-state index in [1.54, 1.807) is 0 Å². The van der Waals surface area contributed by atoms with Crippen molar-refractivity contribution in [3.8, 4) is 56.4 Å². The molecule has 0 saturated carbocycles. The summed E-state index contributed by atoms with van der Waals surface area (Å²) in [7, 11) is 0. The summed E-state index contributed by atoms with van der Waals surface area (Å²) in [5.74, 6) is 1.90. The highest BCUT2D eigenvalue weighted by atomic mass is 15.1. The second-order valence-electron chi connectivity index (χ2n) is 19.0. The van der Waals surface area contributed by atoms with Gasteiger partial charge in [0.1, 0.15) is 0 Å². The largest absolute Gasteiger partial charge is 0.310 e. The Labute approximate surface area is 430 Å². The first-order chi connectivity index (χ1) is 36.7. The molecule has 0 aliphatic heterocycles. The van der Waals surface area contributed by atoms with E-state index in [1.807, 2.05) is 36.4 Å². The molecular weight excluding hydrogens is 897 g/mol. The minimum absolute atomic E-state index is 0.550. The zero-order chi connectivity index (χ0) is 49.0. The van der Waals surface area contributed by atoms with Gasteiger partial charge < -0.3 is 4.90 Å². The van der Waals surface area contributed by atoms with Crippen molar-refractivity contribution in [2.24, 2.45) is 0 Å². The van der Waals surface area contributed by atoms with Crippen LogP contribution in [-0.4, -0.2) is 15.0 Å². The molecule has 4 nitrogen and oxygen atoms in total. The Morgan fingerprint density at radius 1 is 0.270 bits per heavy atom. The summed E-state index contributed by atoms with van der Waals surface area (Å²) in [5.41, 5.74) is 15.3. The minimum Gasteiger partial charge on any atom is -0.310 e. The van der Waals surface area contributed by atoms with Crippen LogP contribution in [0.15, 0.2) is 279 Å².